The molecule has 0 fully saturated rings. The van der Waals surface area contributed by atoms with Gasteiger partial charge in [-0.1, -0.05) is 0 Å². The predicted octanol–water partition coefficient (Wildman–Crippen LogP) is 0.203. The van der Waals surface area contributed by atoms with E-state index in [0.29, 0.717) is 0 Å². The third kappa shape index (κ3) is 6.27. The van der Waals surface area contributed by atoms with Crippen molar-refractivity contribution in [3.05, 3.63) is 0 Å². The van der Waals surface area contributed by atoms with Gasteiger partial charge in [-0.3, -0.25) is 11.3 Å². The summed E-state index contributed by atoms with van der Waals surface area (Å²) in [5.74, 6) is 6.21. The summed E-state index contributed by atoms with van der Waals surface area (Å²) >= 11 is 1.85. The lowest BCUT2D eigenvalue weighted by atomic mass is 10.5. The van der Waals surface area contributed by atoms with Crippen molar-refractivity contribution in [2.24, 2.45) is 5.84 Å². The molecule has 0 saturated heterocycles. The molecule has 0 saturated carbocycles. The first-order chi connectivity index (χ1) is 3.41. The van der Waals surface area contributed by atoms with Gasteiger partial charge in [0.15, 0.2) is 0 Å². The fourth-order valence-corrected chi connectivity index (χ4v) is 0.752. The highest BCUT2D eigenvalue weighted by Gasteiger charge is 1.79. The van der Waals surface area contributed by atoms with Crippen LogP contribution in [0.3, 0.4) is 0 Å². The minimum atomic E-state index is 0.931. The molecule has 0 unspecified atom stereocenters. The zero-order chi connectivity index (χ0) is 5.54. The van der Waals surface area contributed by atoms with Crippen molar-refractivity contribution in [3.8, 4) is 0 Å². The van der Waals surface area contributed by atoms with Crippen LogP contribution in [0.15, 0.2) is 0 Å². The van der Waals surface area contributed by atoms with Crippen LogP contribution in [0.25, 0.3) is 0 Å². The number of hydrazine groups is 1. The van der Waals surface area contributed by atoms with Gasteiger partial charge in [0.05, 0.1) is 0 Å². The summed E-state index contributed by atoms with van der Waals surface area (Å²) in [6.45, 7) is 0.931. The van der Waals surface area contributed by atoms with E-state index in [1.165, 1.54) is 5.75 Å². The van der Waals surface area contributed by atoms with Crippen molar-refractivity contribution in [2.75, 3.05) is 18.6 Å². The highest BCUT2D eigenvalue weighted by atomic mass is 32.2. The molecule has 0 aliphatic rings. The molecule has 44 valence electrons. The standard InChI is InChI=1S/C4H12N2S/c1-7-4-2-3-6-5/h6H,2-5H2,1H3. The van der Waals surface area contributed by atoms with Crippen molar-refractivity contribution in [1.82, 2.24) is 5.43 Å². The number of hydrogen-bond donors (Lipinski definition) is 2. The summed E-state index contributed by atoms with van der Waals surface area (Å²) in [7, 11) is 0. The molecule has 0 aromatic rings. The molecular formula is C4H12N2S. The topological polar surface area (TPSA) is 38.0 Å². The Morgan fingerprint density at radius 3 is 2.86 bits per heavy atom. The van der Waals surface area contributed by atoms with Crippen LogP contribution in [0, 0.1) is 0 Å². The van der Waals surface area contributed by atoms with Crippen molar-refractivity contribution in [1.29, 1.82) is 0 Å². The molecule has 0 rings (SSSR count). The number of nitrogens with one attached hydrogen (secondary N) is 1. The smallest absolute Gasteiger partial charge is 0.0105 e. The maximum absolute atomic E-state index is 5.01. The van der Waals surface area contributed by atoms with Gasteiger partial charge in [-0.2, -0.15) is 11.8 Å². The van der Waals surface area contributed by atoms with Crippen LogP contribution >= 0.6 is 11.8 Å². The van der Waals surface area contributed by atoms with E-state index in [-0.39, 0.29) is 0 Å². The van der Waals surface area contributed by atoms with Crippen molar-refractivity contribution in [3.63, 3.8) is 0 Å². The van der Waals surface area contributed by atoms with Crippen LogP contribution in [0.5, 0.6) is 0 Å². The van der Waals surface area contributed by atoms with E-state index in [0.717, 1.165) is 13.0 Å². The predicted molar refractivity (Wildman–Crippen MR) is 35.2 cm³/mol. The first-order valence-corrected chi connectivity index (χ1v) is 3.73. The molecule has 2 nitrogen and oxygen atoms in total. The van der Waals surface area contributed by atoms with E-state index >= 15 is 0 Å². The van der Waals surface area contributed by atoms with Gasteiger partial charge in [0.2, 0.25) is 0 Å². The lowest BCUT2D eigenvalue weighted by Gasteiger charge is -1.93. The lowest BCUT2D eigenvalue weighted by Crippen LogP contribution is -2.23. The Labute approximate surface area is 48.8 Å². The SMILES string of the molecule is CSCCCNN. The van der Waals surface area contributed by atoms with Crippen molar-refractivity contribution >= 4 is 11.8 Å². The average Bonchev–Trinajstić information content (AvgIpc) is 1.69. The quantitative estimate of drug-likeness (QED) is 0.316. The molecular weight excluding hydrogens is 108 g/mol. The van der Waals surface area contributed by atoms with Crippen LogP contribution in [0.4, 0.5) is 0 Å². The third-order valence-electron chi connectivity index (χ3n) is 0.670. The maximum Gasteiger partial charge on any atom is 0.0105 e. The zero-order valence-electron chi connectivity index (χ0n) is 4.61. The van der Waals surface area contributed by atoms with Crippen molar-refractivity contribution < 1.29 is 0 Å². The first-order valence-electron chi connectivity index (χ1n) is 2.34. The van der Waals surface area contributed by atoms with Crippen LogP contribution in [-0.2, 0) is 0 Å². The molecule has 0 radical (unpaired) electrons. The fourth-order valence-electron chi connectivity index (χ4n) is 0.319. The molecule has 7 heavy (non-hydrogen) atoms. The molecule has 0 atom stereocenters. The van der Waals surface area contributed by atoms with Gasteiger partial charge in [-0.15, -0.1) is 0 Å². The minimum absolute atomic E-state index is 0.931. The van der Waals surface area contributed by atoms with Crippen LogP contribution in [0.1, 0.15) is 6.42 Å². The molecule has 0 aromatic heterocycles. The van der Waals surface area contributed by atoms with Gasteiger partial charge in [-0.05, 0) is 18.4 Å². The van der Waals surface area contributed by atoms with E-state index in [1.807, 2.05) is 11.8 Å². The zero-order valence-corrected chi connectivity index (χ0v) is 5.42. The Hall–Kier alpha value is 0.270. The second-order valence-corrected chi connectivity index (χ2v) is 2.29. The molecule has 0 aliphatic heterocycles. The molecule has 3 N–H and O–H groups in total. The second-order valence-electron chi connectivity index (χ2n) is 1.30. The molecule has 0 heterocycles. The fraction of sp³-hybridized carbons (Fsp3) is 1.00. The van der Waals surface area contributed by atoms with Gasteiger partial charge < -0.3 is 0 Å². The Balaban J connectivity index is 2.45. The molecule has 0 aromatic carbocycles. The Kier molecular flexibility index (Phi) is 6.51. The second kappa shape index (κ2) is 6.27. The first kappa shape index (κ1) is 7.27. The Morgan fingerprint density at radius 1 is 1.71 bits per heavy atom. The maximum atomic E-state index is 5.01. The van der Waals surface area contributed by atoms with E-state index < -0.39 is 0 Å². The third-order valence-corrected chi connectivity index (χ3v) is 1.37. The van der Waals surface area contributed by atoms with Gasteiger partial charge in [-0.25, -0.2) is 0 Å². The molecule has 3 heteroatoms. The summed E-state index contributed by atoms with van der Waals surface area (Å²) in [6.07, 6.45) is 3.26. The Morgan fingerprint density at radius 2 is 2.43 bits per heavy atom. The summed E-state index contributed by atoms with van der Waals surface area (Å²) < 4.78 is 0. The van der Waals surface area contributed by atoms with Gasteiger partial charge in [0, 0.05) is 6.54 Å². The van der Waals surface area contributed by atoms with E-state index in [4.69, 9.17) is 5.84 Å². The monoisotopic (exact) mass is 120 g/mol. The highest BCUT2D eigenvalue weighted by Crippen LogP contribution is 1.91. The Bertz CT molecular complexity index is 28.9. The number of thioether (sulfide) groups is 1. The number of hydrogen-bond acceptors (Lipinski definition) is 3. The molecule has 0 bridgehead atoms. The van der Waals surface area contributed by atoms with Crippen molar-refractivity contribution in [2.45, 2.75) is 6.42 Å². The molecule has 0 aliphatic carbocycles. The minimum Gasteiger partial charge on any atom is -0.271 e. The van der Waals surface area contributed by atoms with Gasteiger partial charge in [0.25, 0.3) is 0 Å². The summed E-state index contributed by atoms with van der Waals surface area (Å²) in [5.41, 5.74) is 2.59. The van der Waals surface area contributed by atoms with Crippen LogP contribution in [0.2, 0.25) is 0 Å². The molecule has 0 amide bonds. The number of rotatable bonds is 4. The molecule has 0 spiro atoms. The van der Waals surface area contributed by atoms with Crippen LogP contribution in [-0.4, -0.2) is 18.6 Å². The normalized spacial score (nSPS) is 9.43. The largest absolute Gasteiger partial charge is 0.271 e. The summed E-state index contributed by atoms with van der Waals surface area (Å²) in [5, 5.41) is 0. The van der Waals surface area contributed by atoms with E-state index in [9.17, 15) is 0 Å². The average molecular weight is 120 g/mol. The van der Waals surface area contributed by atoms with E-state index in [1.54, 1.807) is 0 Å². The highest BCUT2D eigenvalue weighted by molar-refractivity contribution is 7.98. The number of nitrogens with two attached hydrogens (primary N) is 1. The van der Waals surface area contributed by atoms with Crippen LogP contribution < -0.4 is 11.3 Å². The van der Waals surface area contributed by atoms with Gasteiger partial charge >= 0.3 is 0 Å². The lowest BCUT2D eigenvalue weighted by molar-refractivity contribution is 0.718. The summed E-state index contributed by atoms with van der Waals surface area (Å²) in [6, 6.07) is 0. The van der Waals surface area contributed by atoms with Gasteiger partial charge in [0.1, 0.15) is 0 Å². The summed E-state index contributed by atoms with van der Waals surface area (Å²) in [4.78, 5) is 0. The van der Waals surface area contributed by atoms with E-state index in [2.05, 4.69) is 11.7 Å².